The fourth-order valence-corrected chi connectivity index (χ4v) is 4.66. The maximum atomic E-state index is 13.5. The molecule has 0 aromatic carbocycles. The van der Waals surface area contributed by atoms with Gasteiger partial charge in [-0.25, -0.2) is 0 Å². The molecule has 1 N–H and O–H groups in total. The Labute approximate surface area is 169 Å². The molecule has 3 aliphatic rings. The summed E-state index contributed by atoms with van der Waals surface area (Å²) < 4.78 is 7.82. The van der Waals surface area contributed by atoms with E-state index in [1.807, 2.05) is 20.4 Å². The largest absolute Gasteiger partial charge is 0.379 e. The molecule has 3 aliphatic heterocycles. The van der Waals surface area contributed by atoms with Gasteiger partial charge in [0.05, 0.1) is 19.3 Å². The van der Waals surface area contributed by atoms with E-state index in [2.05, 4.69) is 15.2 Å². The van der Waals surface area contributed by atoms with Crippen LogP contribution < -0.4 is 0 Å². The van der Waals surface area contributed by atoms with Gasteiger partial charge in [-0.05, 0) is 25.0 Å². The van der Waals surface area contributed by atoms with Crippen LogP contribution in [0, 0.1) is 5.92 Å². The van der Waals surface area contributed by atoms with E-state index < -0.39 is 0 Å². The molecule has 2 amide bonds. The van der Waals surface area contributed by atoms with Gasteiger partial charge in [-0.3, -0.25) is 9.59 Å². The van der Waals surface area contributed by atoms with E-state index in [9.17, 15) is 9.59 Å². The lowest BCUT2D eigenvalue weighted by Crippen LogP contribution is -2.48. The SMILES string of the molecule is O=C(c1ccc[nH]1)N1C[C@@H]2COC[C@H](C1)N(C(=O)c1nnc3n1CCCCC3)C2. The van der Waals surface area contributed by atoms with Crippen molar-refractivity contribution in [3.63, 3.8) is 0 Å². The molecule has 2 aromatic heterocycles. The van der Waals surface area contributed by atoms with Gasteiger partial charge in [0.25, 0.3) is 11.8 Å². The number of hydrogen-bond acceptors (Lipinski definition) is 5. The van der Waals surface area contributed by atoms with Gasteiger partial charge >= 0.3 is 0 Å². The van der Waals surface area contributed by atoms with Gasteiger partial charge in [0.15, 0.2) is 0 Å². The van der Waals surface area contributed by atoms with Crippen molar-refractivity contribution >= 4 is 11.8 Å². The summed E-state index contributed by atoms with van der Waals surface area (Å²) in [6.07, 6.45) is 5.90. The number of H-pyrrole nitrogens is 1. The highest BCUT2D eigenvalue weighted by Gasteiger charge is 2.39. The van der Waals surface area contributed by atoms with Crippen LogP contribution in [0.2, 0.25) is 0 Å². The van der Waals surface area contributed by atoms with Crippen LogP contribution >= 0.6 is 0 Å². The van der Waals surface area contributed by atoms with Crippen LogP contribution in [0.1, 0.15) is 46.2 Å². The highest BCUT2D eigenvalue weighted by Crippen LogP contribution is 2.24. The van der Waals surface area contributed by atoms with Crippen molar-refractivity contribution in [3.8, 4) is 0 Å². The number of aromatic amines is 1. The van der Waals surface area contributed by atoms with Gasteiger partial charge in [0, 0.05) is 44.7 Å². The minimum Gasteiger partial charge on any atom is -0.379 e. The number of amides is 2. The third-order valence-electron chi connectivity index (χ3n) is 6.15. The molecule has 9 nitrogen and oxygen atoms in total. The number of fused-ring (bicyclic) bond motifs is 4. The molecule has 5 rings (SSSR count). The van der Waals surface area contributed by atoms with E-state index >= 15 is 0 Å². The van der Waals surface area contributed by atoms with Crippen molar-refractivity contribution in [1.29, 1.82) is 0 Å². The van der Waals surface area contributed by atoms with Crippen molar-refractivity contribution in [1.82, 2.24) is 29.5 Å². The number of carbonyl (C=O) groups excluding carboxylic acids is 2. The van der Waals surface area contributed by atoms with Crippen molar-refractivity contribution in [2.75, 3.05) is 32.8 Å². The molecule has 0 saturated carbocycles. The van der Waals surface area contributed by atoms with Crippen LogP contribution in [-0.4, -0.2) is 80.3 Å². The van der Waals surface area contributed by atoms with Crippen molar-refractivity contribution in [2.45, 2.75) is 38.3 Å². The fourth-order valence-electron chi connectivity index (χ4n) is 4.66. The monoisotopic (exact) mass is 398 g/mol. The highest BCUT2D eigenvalue weighted by atomic mass is 16.5. The summed E-state index contributed by atoms with van der Waals surface area (Å²) in [6.45, 7) is 3.38. The molecule has 2 bridgehead atoms. The second kappa shape index (κ2) is 7.62. The Bertz CT molecular complexity index is 892. The second-order valence-electron chi connectivity index (χ2n) is 8.21. The zero-order chi connectivity index (χ0) is 19.8. The Morgan fingerprint density at radius 3 is 2.86 bits per heavy atom. The van der Waals surface area contributed by atoms with Crippen LogP contribution in [0.25, 0.3) is 0 Å². The van der Waals surface area contributed by atoms with Crippen molar-refractivity contribution in [2.24, 2.45) is 5.92 Å². The van der Waals surface area contributed by atoms with Gasteiger partial charge in [0.1, 0.15) is 11.5 Å². The third kappa shape index (κ3) is 3.43. The molecule has 0 aliphatic carbocycles. The molecule has 0 spiro atoms. The van der Waals surface area contributed by atoms with Crippen LogP contribution in [0.5, 0.6) is 0 Å². The smallest absolute Gasteiger partial charge is 0.292 e. The lowest BCUT2D eigenvalue weighted by molar-refractivity contribution is 0.0374. The number of nitrogens with zero attached hydrogens (tertiary/aromatic N) is 5. The zero-order valence-electron chi connectivity index (χ0n) is 16.4. The third-order valence-corrected chi connectivity index (χ3v) is 6.15. The van der Waals surface area contributed by atoms with Crippen LogP contribution in [0.3, 0.4) is 0 Å². The number of aromatic nitrogens is 4. The number of carbonyl (C=O) groups is 2. The van der Waals surface area contributed by atoms with E-state index in [4.69, 9.17) is 4.74 Å². The summed E-state index contributed by atoms with van der Waals surface area (Å²) in [5.74, 6) is 1.29. The summed E-state index contributed by atoms with van der Waals surface area (Å²) in [6, 6.07) is 3.42. The summed E-state index contributed by atoms with van der Waals surface area (Å²) in [5, 5.41) is 8.53. The Balaban J connectivity index is 1.40. The summed E-state index contributed by atoms with van der Waals surface area (Å²) >= 11 is 0. The molecule has 9 heteroatoms. The predicted octanol–water partition coefficient (Wildman–Crippen LogP) is 0.946. The van der Waals surface area contributed by atoms with Gasteiger partial charge in [-0.1, -0.05) is 6.42 Å². The molecule has 5 heterocycles. The number of rotatable bonds is 2. The molecule has 2 atom stereocenters. The average Bonchev–Trinajstić information content (AvgIpc) is 3.21. The first kappa shape index (κ1) is 18.4. The Morgan fingerprint density at radius 2 is 2.00 bits per heavy atom. The average molecular weight is 398 g/mol. The van der Waals surface area contributed by atoms with Crippen LogP contribution in [0.15, 0.2) is 18.3 Å². The predicted molar refractivity (Wildman–Crippen MR) is 103 cm³/mol. The fraction of sp³-hybridized carbons (Fsp3) is 0.600. The maximum Gasteiger partial charge on any atom is 0.292 e. The van der Waals surface area contributed by atoms with E-state index in [0.717, 1.165) is 38.1 Å². The Hall–Kier alpha value is -2.68. The van der Waals surface area contributed by atoms with Crippen molar-refractivity contribution in [3.05, 3.63) is 35.7 Å². The highest BCUT2D eigenvalue weighted by molar-refractivity contribution is 5.93. The first-order chi connectivity index (χ1) is 14.2. The zero-order valence-corrected chi connectivity index (χ0v) is 16.4. The standard InChI is InChI=1S/C20H26N6O3/c27-19(16-5-4-7-21-16)24-9-14-10-26(15(11-24)13-29-12-14)20(28)18-23-22-17-6-2-1-3-8-25(17)18/h4-5,7,14-15,21H,1-3,6,8-13H2/t14-,15-/m0/s1. The minimum absolute atomic E-state index is 0.0301. The molecule has 2 saturated heterocycles. The van der Waals surface area contributed by atoms with E-state index in [1.54, 1.807) is 12.3 Å². The lowest BCUT2D eigenvalue weighted by atomic mass is 10.1. The van der Waals surface area contributed by atoms with Gasteiger partial charge in [0.2, 0.25) is 5.82 Å². The van der Waals surface area contributed by atoms with Gasteiger partial charge in [-0.2, -0.15) is 0 Å². The second-order valence-corrected chi connectivity index (χ2v) is 8.21. The molecular formula is C20H26N6O3. The molecule has 0 radical (unpaired) electrons. The number of aryl methyl sites for hydroxylation is 1. The summed E-state index contributed by atoms with van der Waals surface area (Å²) in [5.41, 5.74) is 0.576. The Kier molecular flexibility index (Phi) is 4.83. The first-order valence-corrected chi connectivity index (χ1v) is 10.4. The van der Waals surface area contributed by atoms with E-state index in [0.29, 0.717) is 44.4 Å². The molecule has 154 valence electrons. The quantitative estimate of drug-likeness (QED) is 0.812. The molecule has 2 fully saturated rings. The maximum absolute atomic E-state index is 13.5. The van der Waals surface area contributed by atoms with Crippen molar-refractivity contribution < 1.29 is 14.3 Å². The lowest BCUT2D eigenvalue weighted by Gasteiger charge is -2.31. The minimum atomic E-state index is -0.187. The summed E-state index contributed by atoms with van der Waals surface area (Å²) in [7, 11) is 0. The first-order valence-electron chi connectivity index (χ1n) is 10.4. The Morgan fingerprint density at radius 1 is 1.07 bits per heavy atom. The number of nitrogens with one attached hydrogen (secondary N) is 1. The number of hydrogen-bond donors (Lipinski definition) is 1. The molecular weight excluding hydrogens is 372 g/mol. The summed E-state index contributed by atoms with van der Waals surface area (Å²) in [4.78, 5) is 33.1. The van der Waals surface area contributed by atoms with E-state index in [-0.39, 0.29) is 23.8 Å². The van der Waals surface area contributed by atoms with E-state index in [1.165, 1.54) is 0 Å². The topological polar surface area (TPSA) is 96.3 Å². The van der Waals surface area contributed by atoms with Gasteiger partial charge < -0.3 is 24.1 Å². The molecule has 29 heavy (non-hydrogen) atoms. The van der Waals surface area contributed by atoms with Crippen LogP contribution in [-0.2, 0) is 17.7 Å². The van der Waals surface area contributed by atoms with Crippen LogP contribution in [0.4, 0.5) is 0 Å². The van der Waals surface area contributed by atoms with Gasteiger partial charge in [-0.15, -0.1) is 10.2 Å². The normalized spacial score (nSPS) is 24.6. The number of ether oxygens (including phenoxy) is 1. The molecule has 0 unspecified atom stereocenters. The molecule has 2 aromatic rings.